The van der Waals surface area contributed by atoms with Crippen LogP contribution in [0.2, 0.25) is 10.0 Å². The van der Waals surface area contributed by atoms with E-state index in [4.69, 9.17) is 33.0 Å². The molecule has 3 aromatic carbocycles. The maximum atomic E-state index is 14.1. The molecular formula is C29H23Cl2F2N7O2. The molecule has 13 heteroatoms. The summed E-state index contributed by atoms with van der Waals surface area (Å²) < 4.78 is 34.7. The van der Waals surface area contributed by atoms with Gasteiger partial charge in [-0.3, -0.25) is 4.79 Å². The molecule has 1 aliphatic heterocycles. The Hall–Kier alpha value is -4.35. The number of likely N-dealkylation sites (tertiary alicyclic amines) is 1. The minimum Gasteiger partial charge on any atom is -0.490 e. The summed E-state index contributed by atoms with van der Waals surface area (Å²) >= 11 is 12.8. The molecule has 5 aromatic rings. The Morgan fingerprint density at radius 3 is 2.38 bits per heavy atom. The van der Waals surface area contributed by atoms with E-state index in [0.29, 0.717) is 58.7 Å². The Balaban J connectivity index is 1.35. The van der Waals surface area contributed by atoms with Crippen molar-refractivity contribution in [1.82, 2.24) is 35.3 Å². The van der Waals surface area contributed by atoms with Crippen molar-refractivity contribution in [3.8, 4) is 22.7 Å². The Morgan fingerprint density at radius 1 is 1.00 bits per heavy atom. The second kappa shape index (κ2) is 11.9. The summed E-state index contributed by atoms with van der Waals surface area (Å²) in [6.07, 6.45) is 0.808. The van der Waals surface area contributed by atoms with Crippen LogP contribution in [0.15, 0.2) is 66.7 Å². The van der Waals surface area contributed by atoms with E-state index in [-0.39, 0.29) is 29.9 Å². The zero-order valence-electron chi connectivity index (χ0n) is 22.0. The number of nitrogens with one attached hydrogen (secondary N) is 1. The number of hydrogen-bond acceptors (Lipinski definition) is 6. The molecule has 1 N–H and O–H groups in total. The van der Waals surface area contributed by atoms with Gasteiger partial charge in [0.05, 0.1) is 16.4 Å². The first-order chi connectivity index (χ1) is 20.4. The van der Waals surface area contributed by atoms with E-state index >= 15 is 0 Å². The summed E-state index contributed by atoms with van der Waals surface area (Å²) in [6.45, 7) is 0.719. The van der Waals surface area contributed by atoms with E-state index in [0.717, 1.165) is 23.8 Å². The van der Waals surface area contributed by atoms with Gasteiger partial charge in [0.15, 0.2) is 11.5 Å². The predicted octanol–water partition coefficient (Wildman–Crippen LogP) is 5.91. The fraction of sp³-hybridized carbons (Fsp3) is 0.207. The minimum absolute atomic E-state index is 0.116. The van der Waals surface area contributed by atoms with Crippen LogP contribution in [-0.4, -0.2) is 60.4 Å². The third kappa shape index (κ3) is 5.83. The fourth-order valence-corrected chi connectivity index (χ4v) is 5.36. The lowest BCUT2D eigenvalue weighted by Gasteiger charge is -2.32. The van der Waals surface area contributed by atoms with Gasteiger partial charge in [-0.05, 0) is 24.3 Å². The first-order valence-corrected chi connectivity index (χ1v) is 13.9. The summed E-state index contributed by atoms with van der Waals surface area (Å²) in [7, 11) is 0. The number of halogens is 4. The molecule has 0 aliphatic carbocycles. The number of aromatic nitrogens is 6. The summed E-state index contributed by atoms with van der Waals surface area (Å²) in [4.78, 5) is 15.8. The number of aromatic amines is 1. The van der Waals surface area contributed by atoms with Crippen molar-refractivity contribution in [2.75, 3.05) is 13.1 Å². The van der Waals surface area contributed by atoms with Gasteiger partial charge in [-0.1, -0.05) is 52.7 Å². The zero-order chi connectivity index (χ0) is 29.2. The maximum absolute atomic E-state index is 14.1. The highest BCUT2D eigenvalue weighted by molar-refractivity contribution is 6.32. The Kier molecular flexibility index (Phi) is 7.86. The Bertz CT molecular complexity index is 1700. The predicted molar refractivity (Wildman–Crippen MR) is 152 cm³/mol. The maximum Gasteiger partial charge on any atom is 0.274 e. The monoisotopic (exact) mass is 609 g/mol. The first-order valence-electron chi connectivity index (χ1n) is 13.1. The molecule has 0 spiro atoms. The summed E-state index contributed by atoms with van der Waals surface area (Å²) in [5.41, 5.74) is 2.80. The van der Waals surface area contributed by atoms with Crippen LogP contribution in [0.4, 0.5) is 8.78 Å². The van der Waals surface area contributed by atoms with E-state index < -0.39 is 11.6 Å². The molecule has 0 saturated carbocycles. The SMILES string of the molecule is O=C(c1nn(-c2ccccc2Cl)c(-c2ccc(Cl)cc2)c1Cc1nn[nH]n1)N1CCC(Oc2cc(F)cc(F)c2)CC1. The van der Waals surface area contributed by atoms with Crippen LogP contribution < -0.4 is 4.74 Å². The number of amides is 1. The van der Waals surface area contributed by atoms with Crippen LogP contribution in [0, 0.1) is 11.6 Å². The summed E-state index contributed by atoms with van der Waals surface area (Å²) in [5.74, 6) is -1.21. The average Bonchev–Trinajstić information content (AvgIpc) is 3.62. The number of carbonyl (C=O) groups excluding carboxylic acids is 1. The van der Waals surface area contributed by atoms with Crippen LogP contribution in [-0.2, 0) is 6.42 Å². The summed E-state index contributed by atoms with van der Waals surface area (Å²) in [5, 5.41) is 20.2. The van der Waals surface area contributed by atoms with Gasteiger partial charge in [-0.15, -0.1) is 10.2 Å². The van der Waals surface area contributed by atoms with Crippen LogP contribution in [0.3, 0.4) is 0 Å². The number of nitrogens with zero attached hydrogens (tertiary/aromatic N) is 6. The highest BCUT2D eigenvalue weighted by atomic mass is 35.5. The van der Waals surface area contributed by atoms with Crippen molar-refractivity contribution in [3.63, 3.8) is 0 Å². The number of rotatable bonds is 7. The molecule has 0 radical (unpaired) electrons. The smallest absolute Gasteiger partial charge is 0.274 e. The van der Waals surface area contributed by atoms with Crippen LogP contribution >= 0.6 is 23.2 Å². The van der Waals surface area contributed by atoms with Crippen LogP contribution in [0.5, 0.6) is 5.75 Å². The number of benzene rings is 3. The van der Waals surface area contributed by atoms with Gasteiger partial charge in [0.25, 0.3) is 5.91 Å². The third-order valence-electron chi connectivity index (χ3n) is 6.98. The van der Waals surface area contributed by atoms with Crippen molar-refractivity contribution in [2.45, 2.75) is 25.4 Å². The van der Waals surface area contributed by atoms with E-state index in [1.807, 2.05) is 30.3 Å². The molecule has 1 fully saturated rings. The van der Waals surface area contributed by atoms with Gasteiger partial charge in [-0.25, -0.2) is 13.5 Å². The molecule has 9 nitrogen and oxygen atoms in total. The molecule has 2 aromatic heterocycles. The molecular weight excluding hydrogens is 587 g/mol. The van der Waals surface area contributed by atoms with Crippen molar-refractivity contribution < 1.29 is 18.3 Å². The van der Waals surface area contributed by atoms with E-state index in [1.165, 1.54) is 0 Å². The number of hydrogen-bond donors (Lipinski definition) is 1. The second-order valence-electron chi connectivity index (χ2n) is 9.77. The lowest BCUT2D eigenvalue weighted by atomic mass is 10.0. The molecule has 0 atom stereocenters. The lowest BCUT2D eigenvalue weighted by molar-refractivity contribution is 0.0588. The lowest BCUT2D eigenvalue weighted by Crippen LogP contribution is -2.42. The molecule has 42 heavy (non-hydrogen) atoms. The number of tetrazole rings is 1. The third-order valence-corrected chi connectivity index (χ3v) is 7.55. The molecule has 3 heterocycles. The van der Waals surface area contributed by atoms with Crippen LogP contribution in [0.25, 0.3) is 16.9 Å². The molecule has 1 amide bonds. The van der Waals surface area contributed by atoms with Crippen molar-refractivity contribution in [1.29, 1.82) is 0 Å². The van der Waals surface area contributed by atoms with Gasteiger partial charge in [0, 0.05) is 66.7 Å². The number of piperidine rings is 1. The van der Waals surface area contributed by atoms with Crippen LogP contribution in [0.1, 0.15) is 34.7 Å². The van der Waals surface area contributed by atoms with Gasteiger partial charge >= 0.3 is 0 Å². The Labute approximate surface area is 249 Å². The van der Waals surface area contributed by atoms with E-state index in [2.05, 4.69) is 20.6 Å². The molecule has 214 valence electrons. The first kappa shape index (κ1) is 27.8. The highest BCUT2D eigenvalue weighted by Gasteiger charge is 2.32. The second-order valence-corrected chi connectivity index (χ2v) is 10.6. The van der Waals surface area contributed by atoms with Gasteiger partial charge in [0.2, 0.25) is 0 Å². The van der Waals surface area contributed by atoms with E-state index in [1.54, 1.807) is 27.8 Å². The number of H-pyrrole nitrogens is 1. The van der Waals surface area contributed by atoms with E-state index in [9.17, 15) is 13.6 Å². The van der Waals surface area contributed by atoms with Gasteiger partial charge in [-0.2, -0.15) is 10.3 Å². The van der Waals surface area contributed by atoms with Gasteiger partial charge < -0.3 is 9.64 Å². The number of para-hydroxylation sites is 1. The zero-order valence-corrected chi connectivity index (χ0v) is 23.5. The molecule has 0 unspecified atom stereocenters. The average molecular weight is 610 g/mol. The standard InChI is InChI=1S/C29H23Cl2F2N7O2/c30-18-7-5-17(6-8-18)28-23(16-26-34-37-38-35-26)27(36-40(28)25-4-2-1-3-24(25)31)29(41)39-11-9-21(10-12-39)42-22-14-19(32)13-20(33)15-22/h1-8,13-15,21H,9-12,16H2,(H,34,35,37,38). The number of carbonyl (C=O) groups is 1. The summed E-state index contributed by atoms with van der Waals surface area (Å²) in [6, 6.07) is 17.5. The topological polar surface area (TPSA) is 102 Å². The quantitative estimate of drug-likeness (QED) is 0.246. The van der Waals surface area contributed by atoms with Crippen molar-refractivity contribution >= 4 is 29.1 Å². The molecule has 1 saturated heterocycles. The Morgan fingerprint density at radius 2 is 1.71 bits per heavy atom. The molecule has 6 rings (SSSR count). The number of ether oxygens (including phenoxy) is 1. The van der Waals surface area contributed by atoms with Crippen molar-refractivity contribution in [3.05, 3.63) is 105 Å². The molecule has 0 bridgehead atoms. The fourth-order valence-electron chi connectivity index (χ4n) is 5.02. The minimum atomic E-state index is -0.711. The van der Waals surface area contributed by atoms with Crippen molar-refractivity contribution in [2.24, 2.45) is 0 Å². The molecule has 1 aliphatic rings. The van der Waals surface area contributed by atoms with Gasteiger partial charge in [0.1, 0.15) is 23.5 Å². The normalized spacial score (nSPS) is 13.9. The largest absolute Gasteiger partial charge is 0.490 e. The highest BCUT2D eigenvalue weighted by Crippen LogP contribution is 2.34.